The second-order valence-corrected chi connectivity index (χ2v) is 7.03. The molecule has 2 aromatic carbocycles. The molecule has 0 fully saturated rings. The summed E-state index contributed by atoms with van der Waals surface area (Å²) < 4.78 is 11.2. The second-order valence-electron chi connectivity index (χ2n) is 5.87. The molecule has 0 spiro atoms. The number of carbonyl (C=O) groups excluding carboxylic acids is 2. The fraction of sp³-hybridized carbons (Fsp3) is 0.263. The van der Waals surface area contributed by atoms with E-state index in [1.54, 1.807) is 43.5 Å². The van der Waals surface area contributed by atoms with E-state index < -0.39 is 0 Å². The molecular weight excluding hydrogens is 447 g/mol. The first-order valence-corrected chi connectivity index (χ1v) is 9.07. The minimum Gasteiger partial charge on any atom is -0.493 e. The van der Waals surface area contributed by atoms with Crippen LogP contribution in [0.1, 0.15) is 24.2 Å². The van der Waals surface area contributed by atoms with E-state index in [-0.39, 0.29) is 17.7 Å². The summed E-state index contributed by atoms with van der Waals surface area (Å²) in [5.74, 6) is 0.565. The highest BCUT2D eigenvalue weighted by molar-refractivity contribution is 14.1. The van der Waals surface area contributed by atoms with Crippen LogP contribution in [0.15, 0.2) is 36.4 Å². The molecule has 0 aliphatic rings. The van der Waals surface area contributed by atoms with E-state index in [4.69, 9.17) is 9.47 Å². The first-order valence-electron chi connectivity index (χ1n) is 7.99. The monoisotopic (exact) mass is 468 g/mol. The molecule has 0 aliphatic heterocycles. The lowest BCUT2D eigenvalue weighted by molar-refractivity contribution is -0.118. The van der Waals surface area contributed by atoms with E-state index in [1.807, 2.05) is 13.8 Å². The average molecular weight is 468 g/mol. The van der Waals surface area contributed by atoms with Gasteiger partial charge >= 0.3 is 0 Å². The lowest BCUT2D eigenvalue weighted by Crippen LogP contribution is -2.18. The van der Waals surface area contributed by atoms with Crippen LogP contribution in [0, 0.1) is 9.49 Å². The number of hydrogen-bond acceptors (Lipinski definition) is 4. The van der Waals surface area contributed by atoms with Crippen molar-refractivity contribution in [3.8, 4) is 11.5 Å². The van der Waals surface area contributed by atoms with Gasteiger partial charge in [-0.25, -0.2) is 0 Å². The molecule has 0 radical (unpaired) electrons. The second kappa shape index (κ2) is 8.88. The molecule has 2 amide bonds. The number of nitrogens with one attached hydrogen (secondary N) is 2. The van der Waals surface area contributed by atoms with Crippen LogP contribution in [0.4, 0.5) is 11.4 Å². The van der Waals surface area contributed by atoms with Crippen molar-refractivity contribution < 1.29 is 19.1 Å². The first-order chi connectivity index (χ1) is 12.3. The molecule has 0 atom stereocenters. The van der Waals surface area contributed by atoms with Gasteiger partial charge in [-0.15, -0.1) is 0 Å². The quantitative estimate of drug-likeness (QED) is 0.625. The van der Waals surface area contributed by atoms with E-state index in [9.17, 15) is 9.59 Å². The predicted molar refractivity (Wildman–Crippen MR) is 110 cm³/mol. The summed E-state index contributed by atoms with van der Waals surface area (Å²) in [6.45, 7) is 3.64. The molecule has 2 N–H and O–H groups in total. The van der Waals surface area contributed by atoms with Crippen LogP contribution in [0.2, 0.25) is 0 Å². The Morgan fingerprint density at radius 2 is 1.54 bits per heavy atom. The van der Waals surface area contributed by atoms with Gasteiger partial charge in [-0.2, -0.15) is 0 Å². The molecule has 0 bridgehead atoms. The summed E-state index contributed by atoms with van der Waals surface area (Å²) in [4.78, 5) is 24.5. The molecule has 2 aromatic rings. The Balaban J connectivity index is 2.21. The van der Waals surface area contributed by atoms with Crippen molar-refractivity contribution in [1.82, 2.24) is 0 Å². The van der Waals surface area contributed by atoms with Gasteiger partial charge in [0.25, 0.3) is 5.91 Å². The molecule has 138 valence electrons. The Labute approximate surface area is 166 Å². The van der Waals surface area contributed by atoms with Gasteiger partial charge in [0.1, 0.15) is 0 Å². The van der Waals surface area contributed by atoms with E-state index in [2.05, 4.69) is 33.2 Å². The Bertz CT molecular complexity index is 821. The summed E-state index contributed by atoms with van der Waals surface area (Å²) in [6, 6.07) is 10.4. The lowest BCUT2D eigenvalue weighted by atomic mass is 10.1. The van der Waals surface area contributed by atoms with Gasteiger partial charge in [0.15, 0.2) is 11.5 Å². The molecule has 0 saturated carbocycles. The minimum atomic E-state index is -0.275. The highest BCUT2D eigenvalue weighted by Gasteiger charge is 2.16. The van der Waals surface area contributed by atoms with E-state index in [0.29, 0.717) is 28.4 Å². The lowest BCUT2D eigenvalue weighted by Gasteiger charge is -2.13. The number of carbonyl (C=O) groups is 2. The van der Waals surface area contributed by atoms with E-state index in [1.165, 1.54) is 7.11 Å². The van der Waals surface area contributed by atoms with Crippen molar-refractivity contribution >= 4 is 45.8 Å². The fourth-order valence-electron chi connectivity index (χ4n) is 2.19. The van der Waals surface area contributed by atoms with Crippen LogP contribution in [-0.4, -0.2) is 26.0 Å². The normalized spacial score (nSPS) is 10.4. The third kappa shape index (κ3) is 4.87. The smallest absolute Gasteiger partial charge is 0.256 e. The highest BCUT2D eigenvalue weighted by atomic mass is 127. The zero-order valence-electron chi connectivity index (χ0n) is 15.1. The van der Waals surface area contributed by atoms with Crippen LogP contribution >= 0.6 is 22.6 Å². The van der Waals surface area contributed by atoms with Crippen LogP contribution in [-0.2, 0) is 4.79 Å². The Morgan fingerprint density at radius 1 is 0.962 bits per heavy atom. The molecule has 0 heterocycles. The third-order valence-corrected chi connectivity index (χ3v) is 4.52. The van der Waals surface area contributed by atoms with Crippen LogP contribution in [0.5, 0.6) is 11.5 Å². The molecule has 0 saturated heterocycles. The molecular formula is C19H21IN2O4. The number of rotatable bonds is 6. The van der Waals surface area contributed by atoms with Crippen LogP contribution in [0.3, 0.4) is 0 Å². The SMILES string of the molecule is COc1cc(I)c(C(=O)Nc2cccc(NC(=O)C(C)C)c2)cc1OC. The summed E-state index contributed by atoms with van der Waals surface area (Å²) in [6.07, 6.45) is 0. The van der Waals surface area contributed by atoms with Crippen molar-refractivity contribution in [3.63, 3.8) is 0 Å². The maximum Gasteiger partial charge on any atom is 0.256 e. The summed E-state index contributed by atoms with van der Waals surface area (Å²) >= 11 is 2.08. The summed E-state index contributed by atoms with van der Waals surface area (Å²) in [5, 5.41) is 5.65. The first kappa shape index (κ1) is 20.0. The Morgan fingerprint density at radius 3 is 2.12 bits per heavy atom. The maximum atomic E-state index is 12.6. The van der Waals surface area contributed by atoms with Crippen molar-refractivity contribution in [3.05, 3.63) is 45.5 Å². The van der Waals surface area contributed by atoms with Crippen LogP contribution in [0.25, 0.3) is 0 Å². The topological polar surface area (TPSA) is 76.7 Å². The highest BCUT2D eigenvalue weighted by Crippen LogP contribution is 2.31. The maximum absolute atomic E-state index is 12.6. The predicted octanol–water partition coefficient (Wildman–Crippen LogP) is 4.16. The number of anilines is 2. The number of ether oxygens (including phenoxy) is 2. The van der Waals surface area contributed by atoms with Crippen molar-refractivity contribution in [2.24, 2.45) is 5.92 Å². The molecule has 6 nitrogen and oxygen atoms in total. The third-order valence-electron chi connectivity index (χ3n) is 3.63. The number of methoxy groups -OCH3 is 2. The number of amides is 2. The van der Waals surface area contributed by atoms with E-state index >= 15 is 0 Å². The van der Waals surface area contributed by atoms with Crippen molar-refractivity contribution in [2.75, 3.05) is 24.9 Å². The molecule has 7 heteroatoms. The standard InChI is InChI=1S/C19H21IN2O4/c1-11(2)18(23)21-12-6-5-7-13(8-12)22-19(24)14-9-16(25-3)17(26-4)10-15(14)20/h5-11H,1-4H3,(H,21,23)(H,22,24). The number of hydrogen-bond donors (Lipinski definition) is 2. The number of benzene rings is 2. The minimum absolute atomic E-state index is 0.0806. The van der Waals surface area contributed by atoms with Crippen molar-refractivity contribution in [1.29, 1.82) is 0 Å². The molecule has 0 aromatic heterocycles. The summed E-state index contributed by atoms with van der Waals surface area (Å²) in [5.41, 5.74) is 1.69. The average Bonchev–Trinajstić information content (AvgIpc) is 2.61. The van der Waals surface area contributed by atoms with Gasteiger partial charge in [0.2, 0.25) is 5.91 Å². The zero-order chi connectivity index (χ0) is 19.3. The molecule has 0 unspecified atom stereocenters. The van der Waals surface area contributed by atoms with Gasteiger partial charge < -0.3 is 20.1 Å². The van der Waals surface area contributed by atoms with Gasteiger partial charge in [-0.3, -0.25) is 9.59 Å². The van der Waals surface area contributed by atoms with Crippen LogP contribution < -0.4 is 20.1 Å². The summed E-state index contributed by atoms with van der Waals surface area (Å²) in [7, 11) is 3.07. The Kier molecular flexibility index (Phi) is 6.84. The molecule has 26 heavy (non-hydrogen) atoms. The fourth-order valence-corrected chi connectivity index (χ4v) is 2.87. The molecule has 0 aliphatic carbocycles. The largest absolute Gasteiger partial charge is 0.493 e. The zero-order valence-corrected chi connectivity index (χ0v) is 17.2. The van der Waals surface area contributed by atoms with E-state index in [0.717, 1.165) is 3.57 Å². The van der Waals surface area contributed by atoms with Gasteiger partial charge in [0, 0.05) is 20.9 Å². The molecule has 2 rings (SSSR count). The number of halogens is 1. The van der Waals surface area contributed by atoms with Crippen molar-refractivity contribution in [2.45, 2.75) is 13.8 Å². The van der Waals surface area contributed by atoms with Gasteiger partial charge in [0.05, 0.1) is 19.8 Å². The van der Waals surface area contributed by atoms with Gasteiger partial charge in [-0.1, -0.05) is 19.9 Å². The van der Waals surface area contributed by atoms with Gasteiger partial charge in [-0.05, 0) is 52.9 Å². The Hall–Kier alpha value is -2.29.